The van der Waals surface area contributed by atoms with Crippen molar-refractivity contribution in [1.82, 2.24) is 4.90 Å². The summed E-state index contributed by atoms with van der Waals surface area (Å²) in [5.74, 6) is 0.595. The number of nitrogens with two attached hydrogens (primary N) is 1. The highest BCUT2D eigenvalue weighted by molar-refractivity contribution is 7.20. The van der Waals surface area contributed by atoms with Gasteiger partial charge < -0.3 is 15.4 Å². The number of rotatable bonds is 3. The predicted octanol–water partition coefficient (Wildman–Crippen LogP) is 2.59. The Bertz CT molecular complexity index is 638. The van der Waals surface area contributed by atoms with Crippen molar-refractivity contribution in [2.75, 3.05) is 32.5 Å². The maximum atomic E-state index is 12.5. The van der Waals surface area contributed by atoms with Crippen LogP contribution in [0.25, 0.3) is 10.1 Å². The molecule has 0 aliphatic carbocycles. The minimum atomic E-state index is 0.128. The van der Waals surface area contributed by atoms with Gasteiger partial charge >= 0.3 is 0 Å². The molecule has 2 heterocycles. The molecule has 1 aromatic carbocycles. The average Bonchev–Trinajstić information content (AvgIpc) is 3.04. The average molecular weight is 290 g/mol. The Labute approximate surface area is 122 Å². The van der Waals surface area contributed by atoms with Crippen LogP contribution < -0.4 is 5.73 Å². The molecule has 1 fully saturated rings. The first-order valence-corrected chi connectivity index (χ1v) is 7.56. The largest absolute Gasteiger partial charge is 0.399 e. The summed E-state index contributed by atoms with van der Waals surface area (Å²) in [6, 6.07) is 7.71. The van der Waals surface area contributed by atoms with E-state index in [9.17, 15) is 4.79 Å². The second-order valence-electron chi connectivity index (χ2n) is 5.27. The van der Waals surface area contributed by atoms with E-state index in [-0.39, 0.29) is 5.91 Å². The number of ether oxygens (including phenoxy) is 1. The van der Waals surface area contributed by atoms with E-state index < -0.39 is 0 Å². The summed E-state index contributed by atoms with van der Waals surface area (Å²) >= 11 is 1.54. The number of amides is 1. The van der Waals surface area contributed by atoms with E-state index in [0.717, 1.165) is 46.8 Å². The van der Waals surface area contributed by atoms with Gasteiger partial charge in [0.15, 0.2) is 0 Å². The number of nitrogen functional groups attached to an aromatic ring is 1. The summed E-state index contributed by atoms with van der Waals surface area (Å²) in [6.07, 6.45) is 1.03. The summed E-state index contributed by atoms with van der Waals surface area (Å²) in [7, 11) is 1.71. The molecule has 0 bridgehead atoms. The Balaban J connectivity index is 1.79. The van der Waals surface area contributed by atoms with Gasteiger partial charge in [0.25, 0.3) is 5.91 Å². The van der Waals surface area contributed by atoms with Crippen molar-refractivity contribution in [1.29, 1.82) is 0 Å². The van der Waals surface area contributed by atoms with Crippen molar-refractivity contribution in [3.8, 4) is 0 Å². The van der Waals surface area contributed by atoms with Crippen molar-refractivity contribution in [2.24, 2.45) is 5.92 Å². The highest BCUT2D eigenvalue weighted by atomic mass is 32.1. The van der Waals surface area contributed by atoms with E-state index >= 15 is 0 Å². The molecular formula is C15H18N2O2S. The molecule has 0 spiro atoms. The molecule has 5 heteroatoms. The van der Waals surface area contributed by atoms with Crippen molar-refractivity contribution in [2.45, 2.75) is 6.42 Å². The molecule has 2 N–H and O–H groups in total. The Morgan fingerprint density at radius 3 is 3.15 bits per heavy atom. The fraction of sp³-hybridized carbons (Fsp3) is 0.400. The van der Waals surface area contributed by atoms with Gasteiger partial charge in [-0.3, -0.25) is 4.79 Å². The zero-order valence-electron chi connectivity index (χ0n) is 11.5. The van der Waals surface area contributed by atoms with Crippen molar-refractivity contribution in [3.05, 3.63) is 29.1 Å². The molecule has 20 heavy (non-hydrogen) atoms. The molecule has 1 aliphatic rings. The van der Waals surface area contributed by atoms with E-state index in [1.54, 1.807) is 7.11 Å². The van der Waals surface area contributed by atoms with Crippen LogP contribution in [0.1, 0.15) is 16.1 Å². The van der Waals surface area contributed by atoms with Crippen LogP contribution in [-0.4, -0.2) is 37.6 Å². The lowest BCUT2D eigenvalue weighted by molar-refractivity contribution is 0.0780. The standard InChI is InChI=1S/C15H18N2O2S/c1-19-9-10-4-5-17(8-10)15(18)14-7-11-6-12(16)2-3-13(11)20-14/h2-3,6-7,10H,4-5,8-9,16H2,1H3. The molecule has 1 amide bonds. The molecule has 4 nitrogen and oxygen atoms in total. The molecule has 0 radical (unpaired) electrons. The number of thiophene rings is 1. The van der Waals surface area contributed by atoms with Gasteiger partial charge in [0.05, 0.1) is 11.5 Å². The van der Waals surface area contributed by atoms with Crippen LogP contribution in [-0.2, 0) is 4.74 Å². The minimum Gasteiger partial charge on any atom is -0.399 e. The summed E-state index contributed by atoms with van der Waals surface area (Å²) in [6.45, 7) is 2.35. The number of hydrogen-bond acceptors (Lipinski definition) is 4. The van der Waals surface area contributed by atoms with Gasteiger partial charge in [0.2, 0.25) is 0 Å². The number of benzene rings is 1. The number of methoxy groups -OCH3 is 1. The highest BCUT2D eigenvalue weighted by Gasteiger charge is 2.27. The van der Waals surface area contributed by atoms with Gasteiger partial charge in [-0.15, -0.1) is 11.3 Å². The molecule has 2 aromatic rings. The smallest absolute Gasteiger partial charge is 0.263 e. The first-order valence-electron chi connectivity index (χ1n) is 6.74. The van der Waals surface area contributed by atoms with Crippen molar-refractivity contribution in [3.63, 3.8) is 0 Å². The Hall–Kier alpha value is -1.59. The Morgan fingerprint density at radius 1 is 1.50 bits per heavy atom. The van der Waals surface area contributed by atoms with Gasteiger partial charge in [-0.1, -0.05) is 0 Å². The van der Waals surface area contributed by atoms with Crippen LogP contribution in [0, 0.1) is 5.92 Å². The second-order valence-corrected chi connectivity index (χ2v) is 6.35. The zero-order chi connectivity index (χ0) is 14.1. The van der Waals surface area contributed by atoms with E-state index in [4.69, 9.17) is 10.5 Å². The maximum absolute atomic E-state index is 12.5. The van der Waals surface area contributed by atoms with Gasteiger partial charge in [-0.25, -0.2) is 0 Å². The zero-order valence-corrected chi connectivity index (χ0v) is 12.3. The number of likely N-dealkylation sites (tertiary alicyclic amines) is 1. The minimum absolute atomic E-state index is 0.128. The van der Waals surface area contributed by atoms with Crippen LogP contribution in [0.3, 0.4) is 0 Å². The third-order valence-electron chi connectivity index (χ3n) is 3.73. The fourth-order valence-electron chi connectivity index (χ4n) is 2.71. The molecule has 106 valence electrons. The molecule has 1 saturated heterocycles. The van der Waals surface area contributed by atoms with E-state index in [0.29, 0.717) is 5.92 Å². The third kappa shape index (κ3) is 2.51. The monoisotopic (exact) mass is 290 g/mol. The molecule has 1 aromatic heterocycles. The topological polar surface area (TPSA) is 55.6 Å². The van der Waals surface area contributed by atoms with Gasteiger partial charge in [0, 0.05) is 36.5 Å². The lowest BCUT2D eigenvalue weighted by Crippen LogP contribution is -2.28. The summed E-state index contributed by atoms with van der Waals surface area (Å²) < 4.78 is 6.28. The SMILES string of the molecule is COCC1CCN(C(=O)c2cc3cc(N)ccc3s2)C1. The van der Waals surface area contributed by atoms with Crippen LogP contribution in [0.15, 0.2) is 24.3 Å². The molecular weight excluding hydrogens is 272 g/mol. The van der Waals surface area contributed by atoms with E-state index in [1.807, 2.05) is 29.2 Å². The maximum Gasteiger partial charge on any atom is 0.263 e. The molecule has 1 unspecified atom stereocenters. The number of nitrogens with zero attached hydrogens (tertiary/aromatic N) is 1. The summed E-state index contributed by atoms with van der Waals surface area (Å²) in [5, 5.41) is 1.05. The summed E-state index contributed by atoms with van der Waals surface area (Å²) in [4.78, 5) is 15.2. The van der Waals surface area contributed by atoms with Crippen molar-refractivity contribution >= 4 is 33.0 Å². The number of fused-ring (bicyclic) bond motifs is 1. The fourth-order valence-corrected chi connectivity index (χ4v) is 3.72. The van der Waals surface area contributed by atoms with Gasteiger partial charge in [0.1, 0.15) is 0 Å². The van der Waals surface area contributed by atoms with Crippen LogP contribution in [0.4, 0.5) is 5.69 Å². The van der Waals surface area contributed by atoms with E-state index in [1.165, 1.54) is 11.3 Å². The predicted molar refractivity (Wildman–Crippen MR) is 82.1 cm³/mol. The highest BCUT2D eigenvalue weighted by Crippen LogP contribution is 2.29. The molecule has 0 saturated carbocycles. The second kappa shape index (κ2) is 5.42. The molecule has 1 atom stereocenters. The lowest BCUT2D eigenvalue weighted by atomic mass is 10.1. The molecule has 3 rings (SSSR count). The third-order valence-corrected chi connectivity index (χ3v) is 4.83. The number of carbonyl (C=O) groups is 1. The number of carbonyl (C=O) groups excluding carboxylic acids is 1. The van der Waals surface area contributed by atoms with Crippen molar-refractivity contribution < 1.29 is 9.53 Å². The van der Waals surface area contributed by atoms with Gasteiger partial charge in [-0.2, -0.15) is 0 Å². The number of anilines is 1. The Morgan fingerprint density at radius 2 is 2.35 bits per heavy atom. The van der Waals surface area contributed by atoms with Crippen LogP contribution in [0.2, 0.25) is 0 Å². The quantitative estimate of drug-likeness (QED) is 0.884. The van der Waals surface area contributed by atoms with Crippen LogP contribution >= 0.6 is 11.3 Å². The first kappa shape index (κ1) is 13.4. The van der Waals surface area contributed by atoms with Crippen LogP contribution in [0.5, 0.6) is 0 Å². The first-order chi connectivity index (χ1) is 9.67. The lowest BCUT2D eigenvalue weighted by Gasteiger charge is -2.15. The Kier molecular flexibility index (Phi) is 3.63. The van der Waals surface area contributed by atoms with E-state index in [2.05, 4.69) is 0 Å². The number of hydrogen-bond donors (Lipinski definition) is 1. The normalized spacial score (nSPS) is 18.9. The van der Waals surface area contributed by atoms with Gasteiger partial charge in [-0.05, 0) is 36.1 Å². The summed E-state index contributed by atoms with van der Waals surface area (Å²) in [5.41, 5.74) is 6.51. The molecule has 1 aliphatic heterocycles.